The standard InChI is InChI=1S/C33H37N5O5/c1-2-19-42-31(40)28(17-10-18-36-32(34)35)37-30(39)29(20-22-11-4-3-5-12-22)38-33(41)43-21-27-25-15-8-6-13-23(25)24-14-7-9-16-26(24)27/h2-9,11-16,27-29H,1,10,17-21H2,(H,37,39)(H,38,41)(H4,34,35,36)/t28-,29-/m0/s1. The lowest BCUT2D eigenvalue weighted by Crippen LogP contribution is -2.53. The second-order valence-electron chi connectivity index (χ2n) is 10.1. The molecule has 2 atom stereocenters. The van der Waals surface area contributed by atoms with Gasteiger partial charge in [0.2, 0.25) is 5.91 Å². The van der Waals surface area contributed by atoms with Crippen molar-refractivity contribution in [3.05, 3.63) is 108 Å². The second kappa shape index (κ2) is 15.2. The van der Waals surface area contributed by atoms with Gasteiger partial charge in [-0.1, -0.05) is 91.5 Å². The van der Waals surface area contributed by atoms with Crippen LogP contribution in [-0.4, -0.2) is 55.8 Å². The van der Waals surface area contributed by atoms with Crippen LogP contribution in [0.3, 0.4) is 0 Å². The number of amides is 2. The number of guanidine groups is 1. The first-order chi connectivity index (χ1) is 20.9. The van der Waals surface area contributed by atoms with Gasteiger partial charge in [-0.3, -0.25) is 9.79 Å². The molecule has 1 aliphatic carbocycles. The molecule has 0 bridgehead atoms. The fourth-order valence-corrected chi connectivity index (χ4v) is 5.11. The summed E-state index contributed by atoms with van der Waals surface area (Å²) in [6.45, 7) is 3.92. The number of nitrogens with one attached hydrogen (secondary N) is 2. The van der Waals surface area contributed by atoms with Gasteiger partial charge >= 0.3 is 12.1 Å². The maximum atomic E-state index is 13.5. The Labute approximate surface area is 251 Å². The van der Waals surface area contributed by atoms with Crippen molar-refractivity contribution >= 4 is 23.9 Å². The third-order valence-electron chi connectivity index (χ3n) is 7.12. The molecular formula is C33H37N5O5. The largest absolute Gasteiger partial charge is 0.460 e. The molecule has 0 saturated heterocycles. The average Bonchev–Trinajstić information content (AvgIpc) is 3.33. The van der Waals surface area contributed by atoms with Crippen LogP contribution in [0, 0.1) is 0 Å². The lowest BCUT2D eigenvalue weighted by atomic mass is 9.98. The maximum Gasteiger partial charge on any atom is 0.407 e. The van der Waals surface area contributed by atoms with Gasteiger partial charge in [-0.05, 0) is 40.7 Å². The number of aliphatic imine (C=N–C) groups is 1. The molecule has 0 unspecified atom stereocenters. The van der Waals surface area contributed by atoms with Crippen LogP contribution in [0.25, 0.3) is 11.1 Å². The van der Waals surface area contributed by atoms with Gasteiger partial charge in [0.1, 0.15) is 25.3 Å². The number of rotatable bonds is 14. The molecule has 1 aliphatic rings. The van der Waals surface area contributed by atoms with Crippen LogP contribution in [-0.2, 0) is 25.5 Å². The van der Waals surface area contributed by atoms with E-state index in [0.29, 0.717) is 6.42 Å². The van der Waals surface area contributed by atoms with Crippen molar-refractivity contribution in [2.24, 2.45) is 16.5 Å². The van der Waals surface area contributed by atoms with Gasteiger partial charge in [0.25, 0.3) is 0 Å². The summed E-state index contributed by atoms with van der Waals surface area (Å²) in [6, 6.07) is 23.3. The molecular weight excluding hydrogens is 546 g/mol. The predicted molar refractivity (Wildman–Crippen MR) is 165 cm³/mol. The van der Waals surface area contributed by atoms with E-state index in [-0.39, 0.29) is 44.5 Å². The van der Waals surface area contributed by atoms with Crippen molar-refractivity contribution in [3.63, 3.8) is 0 Å². The summed E-state index contributed by atoms with van der Waals surface area (Å²) in [7, 11) is 0. The topological polar surface area (TPSA) is 158 Å². The van der Waals surface area contributed by atoms with Gasteiger partial charge < -0.3 is 31.6 Å². The van der Waals surface area contributed by atoms with Crippen molar-refractivity contribution in [2.45, 2.75) is 37.3 Å². The van der Waals surface area contributed by atoms with Crippen molar-refractivity contribution < 1.29 is 23.9 Å². The SMILES string of the molecule is C=CCOC(=O)[C@H](CCCN=C(N)N)NC(=O)[C@H](Cc1ccccc1)NC(=O)OCC1c2ccccc2-c2ccccc21. The van der Waals surface area contributed by atoms with Gasteiger partial charge in [0.15, 0.2) is 5.96 Å². The van der Waals surface area contributed by atoms with Crippen LogP contribution in [0.1, 0.15) is 35.4 Å². The van der Waals surface area contributed by atoms with Crippen LogP contribution in [0.2, 0.25) is 0 Å². The highest BCUT2D eigenvalue weighted by atomic mass is 16.5. The van der Waals surface area contributed by atoms with E-state index in [2.05, 4.69) is 34.3 Å². The van der Waals surface area contributed by atoms with Crippen molar-refractivity contribution in [1.29, 1.82) is 0 Å². The minimum atomic E-state index is -1.02. The van der Waals surface area contributed by atoms with E-state index in [1.165, 1.54) is 6.08 Å². The normalized spacial score (nSPS) is 13.0. The quantitative estimate of drug-likeness (QED) is 0.0744. The van der Waals surface area contributed by atoms with Crippen LogP contribution in [0.4, 0.5) is 4.79 Å². The third-order valence-corrected chi connectivity index (χ3v) is 7.12. The van der Waals surface area contributed by atoms with Crippen LogP contribution in [0.15, 0.2) is 96.5 Å². The summed E-state index contributed by atoms with van der Waals surface area (Å²) < 4.78 is 10.9. The Morgan fingerprint density at radius 3 is 2.12 bits per heavy atom. The van der Waals surface area contributed by atoms with Crippen LogP contribution >= 0.6 is 0 Å². The number of hydrogen-bond acceptors (Lipinski definition) is 6. The summed E-state index contributed by atoms with van der Waals surface area (Å²) >= 11 is 0. The maximum absolute atomic E-state index is 13.5. The van der Waals surface area contributed by atoms with Crippen molar-refractivity contribution in [1.82, 2.24) is 10.6 Å². The molecule has 0 spiro atoms. The molecule has 0 fully saturated rings. The fourth-order valence-electron chi connectivity index (χ4n) is 5.11. The minimum absolute atomic E-state index is 0.00938. The van der Waals surface area contributed by atoms with Crippen molar-refractivity contribution in [3.8, 4) is 11.1 Å². The molecule has 0 saturated carbocycles. The first-order valence-electron chi connectivity index (χ1n) is 14.2. The van der Waals surface area contributed by atoms with Crippen LogP contribution < -0.4 is 22.1 Å². The lowest BCUT2D eigenvalue weighted by molar-refractivity contribution is -0.147. The lowest BCUT2D eigenvalue weighted by Gasteiger charge is -2.23. The zero-order valence-electron chi connectivity index (χ0n) is 23.9. The summed E-state index contributed by atoms with van der Waals surface area (Å²) in [4.78, 5) is 43.3. The summed E-state index contributed by atoms with van der Waals surface area (Å²) in [5.41, 5.74) is 16.0. The molecule has 224 valence electrons. The Bertz CT molecular complexity index is 1410. The van der Waals surface area contributed by atoms with E-state index in [1.807, 2.05) is 66.7 Å². The number of benzene rings is 3. The molecule has 3 aromatic carbocycles. The molecule has 2 amide bonds. The minimum Gasteiger partial charge on any atom is -0.460 e. The molecule has 6 N–H and O–H groups in total. The highest BCUT2D eigenvalue weighted by Crippen LogP contribution is 2.44. The zero-order chi connectivity index (χ0) is 30.6. The highest BCUT2D eigenvalue weighted by Gasteiger charge is 2.31. The number of fused-ring (bicyclic) bond motifs is 3. The molecule has 0 aromatic heterocycles. The summed E-state index contributed by atoms with van der Waals surface area (Å²) in [6.07, 6.45) is 1.51. The number of ether oxygens (including phenoxy) is 2. The summed E-state index contributed by atoms with van der Waals surface area (Å²) in [5.74, 6) is -1.38. The Morgan fingerprint density at radius 2 is 1.49 bits per heavy atom. The van der Waals surface area contributed by atoms with Gasteiger partial charge in [-0.25, -0.2) is 9.59 Å². The number of esters is 1. The van der Waals surface area contributed by atoms with Crippen molar-refractivity contribution in [2.75, 3.05) is 19.8 Å². The Hall–Kier alpha value is -5.12. The predicted octanol–water partition coefficient (Wildman–Crippen LogP) is 3.40. The second-order valence-corrected chi connectivity index (χ2v) is 10.1. The molecule has 10 nitrogen and oxygen atoms in total. The first-order valence-corrected chi connectivity index (χ1v) is 14.2. The van der Waals surface area contributed by atoms with E-state index in [1.54, 1.807) is 0 Å². The first kappa shape index (κ1) is 30.8. The Kier molecular flexibility index (Phi) is 10.9. The van der Waals surface area contributed by atoms with E-state index in [4.69, 9.17) is 20.9 Å². The molecule has 3 aromatic rings. The average molecular weight is 584 g/mol. The monoisotopic (exact) mass is 583 g/mol. The number of hydrogen-bond donors (Lipinski definition) is 4. The number of nitrogens with zero attached hydrogens (tertiary/aromatic N) is 1. The van der Waals surface area contributed by atoms with Crippen LogP contribution in [0.5, 0.6) is 0 Å². The summed E-state index contributed by atoms with van der Waals surface area (Å²) in [5, 5.41) is 5.44. The fraction of sp³-hybridized carbons (Fsp3) is 0.273. The molecule has 4 rings (SSSR count). The molecule has 0 heterocycles. The molecule has 0 aliphatic heterocycles. The van der Waals surface area contributed by atoms with E-state index in [0.717, 1.165) is 27.8 Å². The number of carbonyl (C=O) groups is 3. The van der Waals surface area contributed by atoms with E-state index in [9.17, 15) is 14.4 Å². The van der Waals surface area contributed by atoms with Gasteiger partial charge in [-0.2, -0.15) is 0 Å². The highest BCUT2D eigenvalue weighted by molar-refractivity contribution is 5.90. The van der Waals surface area contributed by atoms with Gasteiger partial charge in [0.05, 0.1) is 0 Å². The molecule has 43 heavy (non-hydrogen) atoms. The smallest absolute Gasteiger partial charge is 0.407 e. The van der Waals surface area contributed by atoms with Gasteiger partial charge in [0, 0.05) is 18.9 Å². The molecule has 0 radical (unpaired) electrons. The number of carbonyl (C=O) groups excluding carboxylic acids is 3. The van der Waals surface area contributed by atoms with E-state index >= 15 is 0 Å². The van der Waals surface area contributed by atoms with Gasteiger partial charge in [-0.15, -0.1) is 0 Å². The van der Waals surface area contributed by atoms with E-state index < -0.39 is 30.1 Å². The zero-order valence-corrected chi connectivity index (χ0v) is 23.9. The number of nitrogens with two attached hydrogens (primary N) is 2. The third kappa shape index (κ3) is 8.45. The number of alkyl carbamates (subject to hydrolysis) is 1. The Balaban J connectivity index is 1.45. The Morgan fingerprint density at radius 1 is 0.860 bits per heavy atom. The molecule has 10 heteroatoms.